The Balaban J connectivity index is 1.56. The molecule has 1 aliphatic heterocycles. The number of halogens is 1. The van der Waals surface area contributed by atoms with Gasteiger partial charge in [-0.3, -0.25) is 4.79 Å². The van der Waals surface area contributed by atoms with E-state index in [9.17, 15) is 13.2 Å². The van der Waals surface area contributed by atoms with Gasteiger partial charge in [-0.05, 0) is 64.0 Å². The number of carbonyl (C=O) groups is 1. The van der Waals surface area contributed by atoms with Crippen LogP contribution >= 0.6 is 15.9 Å². The molecule has 0 atom stereocenters. The van der Waals surface area contributed by atoms with Crippen molar-refractivity contribution in [3.8, 4) is 11.5 Å². The first kappa shape index (κ1) is 25.4. The van der Waals surface area contributed by atoms with Crippen LogP contribution in [0, 0.1) is 0 Å². The fourth-order valence-corrected chi connectivity index (χ4v) is 5.54. The van der Waals surface area contributed by atoms with Gasteiger partial charge >= 0.3 is 10.1 Å². The Morgan fingerprint density at radius 3 is 2.11 bits per heavy atom. The monoisotopic (exact) mass is 588 g/mol. The lowest BCUT2D eigenvalue weighted by Crippen LogP contribution is -2.21. The van der Waals surface area contributed by atoms with Gasteiger partial charge in [0.1, 0.15) is 10.6 Å². The van der Waals surface area contributed by atoms with Crippen LogP contribution in [0.15, 0.2) is 123 Å². The number of ether oxygens (including phenoxy) is 1. The van der Waals surface area contributed by atoms with Crippen molar-refractivity contribution in [1.82, 2.24) is 0 Å². The molecule has 0 radical (unpaired) electrons. The van der Waals surface area contributed by atoms with E-state index in [1.165, 1.54) is 24.3 Å². The Labute approximate surface area is 228 Å². The Bertz CT molecular complexity index is 1660. The van der Waals surface area contributed by atoms with Gasteiger partial charge in [-0.15, -0.1) is 0 Å². The Hall–Kier alpha value is -4.21. The molecule has 0 bridgehead atoms. The maximum Gasteiger partial charge on any atom is 0.339 e. The lowest BCUT2D eigenvalue weighted by Gasteiger charge is -2.14. The number of para-hydroxylation sites is 1. The van der Waals surface area contributed by atoms with Crippen molar-refractivity contribution in [2.75, 3.05) is 12.1 Å². The van der Waals surface area contributed by atoms with Crippen molar-refractivity contribution in [3.05, 3.63) is 124 Å². The van der Waals surface area contributed by atoms with Crippen LogP contribution in [-0.4, -0.2) is 27.1 Å². The number of nitrogens with zero attached hydrogens (tertiary/aromatic N) is 2. The average Bonchev–Trinajstić information content (AvgIpc) is 3.27. The predicted molar refractivity (Wildman–Crippen MR) is 150 cm³/mol. The van der Waals surface area contributed by atoms with E-state index < -0.39 is 10.1 Å². The molecule has 5 rings (SSSR count). The minimum atomic E-state index is -4.10. The van der Waals surface area contributed by atoms with Gasteiger partial charge in [0.25, 0.3) is 5.91 Å². The van der Waals surface area contributed by atoms with Gasteiger partial charge < -0.3 is 8.92 Å². The number of hydrazone groups is 1. The molecule has 4 aromatic carbocycles. The molecule has 0 unspecified atom stereocenters. The van der Waals surface area contributed by atoms with Crippen molar-refractivity contribution in [1.29, 1.82) is 0 Å². The van der Waals surface area contributed by atoms with Crippen molar-refractivity contribution in [3.63, 3.8) is 0 Å². The summed E-state index contributed by atoms with van der Waals surface area (Å²) >= 11 is 3.41. The number of benzene rings is 4. The molecule has 7 nitrogen and oxygen atoms in total. The molecule has 0 fully saturated rings. The summed E-state index contributed by atoms with van der Waals surface area (Å²) in [5, 5.41) is 6.00. The highest BCUT2D eigenvalue weighted by Crippen LogP contribution is 2.39. The van der Waals surface area contributed by atoms with Gasteiger partial charge in [0, 0.05) is 5.56 Å². The number of amides is 1. The SMILES string of the molecule is COc1cc(/C=C2\C(=O)N(c3ccccc3)N=C2c2ccccc2)cc(Br)c1OS(=O)(=O)c1ccccc1. The molecule has 0 N–H and O–H groups in total. The molecular weight excluding hydrogens is 568 g/mol. The fourth-order valence-electron chi connectivity index (χ4n) is 3.91. The molecule has 1 amide bonds. The molecule has 4 aromatic rings. The number of hydrogen-bond donors (Lipinski definition) is 0. The zero-order chi connectivity index (χ0) is 26.7. The minimum Gasteiger partial charge on any atom is -0.493 e. The number of hydrogen-bond acceptors (Lipinski definition) is 6. The zero-order valence-electron chi connectivity index (χ0n) is 20.1. The second kappa shape index (κ2) is 10.6. The van der Waals surface area contributed by atoms with E-state index >= 15 is 0 Å². The van der Waals surface area contributed by atoms with E-state index in [2.05, 4.69) is 21.0 Å². The smallest absolute Gasteiger partial charge is 0.339 e. The van der Waals surface area contributed by atoms with Crippen molar-refractivity contribution in [2.24, 2.45) is 5.10 Å². The minimum absolute atomic E-state index is 0.000821. The molecular formula is C29H21BrN2O5S. The Morgan fingerprint density at radius 1 is 0.868 bits per heavy atom. The maximum atomic E-state index is 13.5. The normalized spacial score (nSPS) is 14.5. The van der Waals surface area contributed by atoms with Gasteiger partial charge in [-0.1, -0.05) is 66.7 Å². The summed E-state index contributed by atoms with van der Waals surface area (Å²) in [6, 6.07) is 29.7. The van der Waals surface area contributed by atoms with Crippen LogP contribution in [0.5, 0.6) is 11.5 Å². The van der Waals surface area contributed by atoms with Crippen LogP contribution in [0.25, 0.3) is 6.08 Å². The summed E-state index contributed by atoms with van der Waals surface area (Å²) in [4.78, 5) is 13.6. The summed E-state index contributed by atoms with van der Waals surface area (Å²) in [5.41, 5.74) is 2.90. The van der Waals surface area contributed by atoms with Crippen molar-refractivity contribution >= 4 is 49.4 Å². The van der Waals surface area contributed by atoms with Crippen LogP contribution in [-0.2, 0) is 14.9 Å². The van der Waals surface area contributed by atoms with Crippen LogP contribution in [0.2, 0.25) is 0 Å². The second-order valence-electron chi connectivity index (χ2n) is 8.21. The van der Waals surface area contributed by atoms with E-state index in [0.29, 0.717) is 27.0 Å². The predicted octanol–water partition coefficient (Wildman–Crippen LogP) is 6.06. The van der Waals surface area contributed by atoms with Crippen molar-refractivity contribution in [2.45, 2.75) is 4.90 Å². The van der Waals surface area contributed by atoms with Gasteiger partial charge in [0.15, 0.2) is 11.5 Å². The highest BCUT2D eigenvalue weighted by molar-refractivity contribution is 9.10. The van der Waals surface area contributed by atoms with E-state index in [0.717, 1.165) is 5.56 Å². The van der Waals surface area contributed by atoms with Crippen LogP contribution < -0.4 is 13.9 Å². The summed E-state index contributed by atoms with van der Waals surface area (Å²) in [6.07, 6.45) is 1.69. The molecule has 0 aromatic heterocycles. The Kier molecular flexibility index (Phi) is 7.13. The first-order chi connectivity index (χ1) is 18.4. The van der Waals surface area contributed by atoms with Crippen LogP contribution in [0.1, 0.15) is 11.1 Å². The summed E-state index contributed by atoms with van der Waals surface area (Å²) < 4.78 is 36.9. The summed E-state index contributed by atoms with van der Waals surface area (Å²) in [6.45, 7) is 0. The summed E-state index contributed by atoms with van der Waals surface area (Å²) in [7, 11) is -2.69. The molecule has 38 heavy (non-hydrogen) atoms. The van der Waals surface area contributed by atoms with E-state index in [4.69, 9.17) is 8.92 Å². The first-order valence-corrected chi connectivity index (χ1v) is 13.7. The highest BCUT2D eigenvalue weighted by atomic mass is 79.9. The van der Waals surface area contributed by atoms with Crippen LogP contribution in [0.4, 0.5) is 5.69 Å². The number of anilines is 1. The molecule has 0 saturated carbocycles. The van der Waals surface area contributed by atoms with Gasteiger partial charge in [-0.2, -0.15) is 18.5 Å². The maximum absolute atomic E-state index is 13.5. The molecule has 1 aliphatic rings. The lowest BCUT2D eigenvalue weighted by molar-refractivity contribution is -0.114. The quantitative estimate of drug-likeness (QED) is 0.193. The van der Waals surface area contributed by atoms with Gasteiger partial charge in [-0.25, -0.2) is 0 Å². The molecule has 9 heteroatoms. The second-order valence-corrected chi connectivity index (χ2v) is 10.6. The number of rotatable bonds is 7. The largest absolute Gasteiger partial charge is 0.493 e. The van der Waals surface area contributed by atoms with Gasteiger partial charge in [0.05, 0.1) is 22.8 Å². The number of carbonyl (C=O) groups excluding carboxylic acids is 1. The molecule has 0 saturated heterocycles. The van der Waals surface area contributed by atoms with Crippen molar-refractivity contribution < 1.29 is 22.1 Å². The number of methoxy groups -OCH3 is 1. The topological polar surface area (TPSA) is 85.3 Å². The first-order valence-electron chi connectivity index (χ1n) is 11.5. The molecule has 0 aliphatic carbocycles. The molecule has 0 spiro atoms. The zero-order valence-corrected chi connectivity index (χ0v) is 22.5. The third-order valence-corrected chi connectivity index (χ3v) is 7.54. The fraction of sp³-hybridized carbons (Fsp3) is 0.0345. The lowest BCUT2D eigenvalue weighted by atomic mass is 10.00. The molecule has 1 heterocycles. The van der Waals surface area contributed by atoms with Gasteiger partial charge in [0.2, 0.25) is 0 Å². The van der Waals surface area contributed by atoms with E-state index in [1.807, 2.05) is 60.7 Å². The van der Waals surface area contributed by atoms with E-state index in [1.54, 1.807) is 36.4 Å². The highest BCUT2D eigenvalue weighted by Gasteiger charge is 2.32. The third-order valence-electron chi connectivity index (χ3n) is 5.71. The molecule has 190 valence electrons. The van der Waals surface area contributed by atoms with E-state index in [-0.39, 0.29) is 22.3 Å². The third kappa shape index (κ3) is 5.11. The van der Waals surface area contributed by atoms with Crippen LogP contribution in [0.3, 0.4) is 0 Å². The summed E-state index contributed by atoms with van der Waals surface area (Å²) in [5.74, 6) is -0.120. The Morgan fingerprint density at radius 2 is 1.47 bits per heavy atom. The average molecular weight is 589 g/mol. The standard InChI is InChI=1S/C29H21BrN2O5S/c1-36-26-19-20(18-25(30)28(26)37-38(34,35)23-15-9-4-10-16-23)17-24-27(21-11-5-2-6-12-21)31-32(29(24)33)22-13-7-3-8-14-22/h2-19H,1H3/b24-17-.